The van der Waals surface area contributed by atoms with Crippen LogP contribution in [0.15, 0.2) is 18.2 Å². The smallest absolute Gasteiger partial charge is 0.257 e. The Kier molecular flexibility index (Phi) is 3.94. The van der Waals surface area contributed by atoms with E-state index in [1.807, 2.05) is 24.1 Å². The van der Waals surface area contributed by atoms with Gasteiger partial charge in [-0.15, -0.1) is 0 Å². The lowest BCUT2D eigenvalue weighted by molar-refractivity contribution is 0.0719. The summed E-state index contributed by atoms with van der Waals surface area (Å²) in [6.45, 7) is 0.831. The van der Waals surface area contributed by atoms with Crippen molar-refractivity contribution >= 4 is 17.5 Å². The van der Waals surface area contributed by atoms with Gasteiger partial charge in [-0.2, -0.15) is 0 Å². The lowest BCUT2D eigenvalue weighted by atomic mass is 9.95. The molecular weight excluding hydrogens is 302 g/mol. The summed E-state index contributed by atoms with van der Waals surface area (Å²) in [5.41, 5.74) is 2.26. The number of fused-ring (bicyclic) bond motifs is 2. The number of rotatable bonds is 2. The van der Waals surface area contributed by atoms with E-state index in [0.717, 1.165) is 37.9 Å². The molecule has 2 amide bonds. The Labute approximate surface area is 143 Å². The molecule has 1 atom stereocenters. The van der Waals surface area contributed by atoms with Crippen molar-refractivity contribution in [1.29, 1.82) is 0 Å². The molecule has 3 aliphatic rings. The van der Waals surface area contributed by atoms with Gasteiger partial charge in [-0.3, -0.25) is 9.59 Å². The first-order chi connectivity index (χ1) is 11.6. The van der Waals surface area contributed by atoms with Crippen LogP contribution >= 0.6 is 0 Å². The van der Waals surface area contributed by atoms with Crippen LogP contribution in [-0.2, 0) is 0 Å². The lowest BCUT2D eigenvalue weighted by Gasteiger charge is -2.40. The quantitative estimate of drug-likeness (QED) is 0.909. The number of anilines is 1. The molecule has 2 aliphatic heterocycles. The summed E-state index contributed by atoms with van der Waals surface area (Å²) < 4.78 is 0. The molecule has 1 aromatic carbocycles. The van der Waals surface area contributed by atoms with Crippen LogP contribution < -0.4 is 10.2 Å². The minimum absolute atomic E-state index is 0.0144. The zero-order chi connectivity index (χ0) is 16.7. The fourth-order valence-corrected chi connectivity index (χ4v) is 4.37. The fourth-order valence-electron chi connectivity index (χ4n) is 4.37. The standard InChI is InChI=1S/C19H25N3O2/c1-21-16-12-13(18(23)20-14-6-3-2-4-7-14)9-10-15(16)19(24)22-11-5-8-17(21)22/h9-10,12,14,17H,2-8,11H2,1H3,(H,20,23)/t17-/m0/s1. The van der Waals surface area contributed by atoms with Crippen molar-refractivity contribution in [2.24, 2.45) is 0 Å². The van der Waals surface area contributed by atoms with E-state index in [1.165, 1.54) is 19.3 Å². The summed E-state index contributed by atoms with van der Waals surface area (Å²) in [5.74, 6) is 0.0873. The molecule has 2 fully saturated rings. The molecule has 0 bridgehead atoms. The second-order valence-electron chi connectivity index (χ2n) is 7.27. The monoisotopic (exact) mass is 327 g/mol. The summed E-state index contributed by atoms with van der Waals surface area (Å²) in [6, 6.07) is 5.80. The van der Waals surface area contributed by atoms with E-state index in [2.05, 4.69) is 10.2 Å². The first-order valence-electron chi connectivity index (χ1n) is 9.14. The van der Waals surface area contributed by atoms with Gasteiger partial charge in [0, 0.05) is 25.2 Å². The number of hydrogen-bond donors (Lipinski definition) is 1. The number of nitrogens with one attached hydrogen (secondary N) is 1. The van der Waals surface area contributed by atoms with Crippen LogP contribution in [0, 0.1) is 0 Å². The second-order valence-corrected chi connectivity index (χ2v) is 7.27. The summed E-state index contributed by atoms with van der Waals surface area (Å²) in [6.07, 6.45) is 8.01. The second kappa shape index (κ2) is 6.11. The van der Waals surface area contributed by atoms with Gasteiger partial charge in [0.25, 0.3) is 11.8 Å². The first-order valence-corrected chi connectivity index (χ1v) is 9.14. The van der Waals surface area contributed by atoms with Crippen molar-refractivity contribution in [3.8, 4) is 0 Å². The average Bonchev–Trinajstić information content (AvgIpc) is 3.10. The van der Waals surface area contributed by atoms with Crippen LogP contribution in [-0.4, -0.2) is 42.5 Å². The molecule has 1 saturated carbocycles. The van der Waals surface area contributed by atoms with Crippen molar-refractivity contribution in [3.05, 3.63) is 29.3 Å². The Balaban J connectivity index is 1.57. The highest BCUT2D eigenvalue weighted by atomic mass is 16.2. The molecule has 0 aromatic heterocycles. The molecule has 4 rings (SSSR count). The number of carbonyl (C=O) groups is 2. The summed E-state index contributed by atoms with van der Waals surface area (Å²) in [4.78, 5) is 29.3. The summed E-state index contributed by atoms with van der Waals surface area (Å²) in [7, 11) is 2.02. The molecule has 128 valence electrons. The van der Waals surface area contributed by atoms with Gasteiger partial charge in [0.15, 0.2) is 0 Å². The maximum absolute atomic E-state index is 12.6. The van der Waals surface area contributed by atoms with Crippen molar-refractivity contribution in [1.82, 2.24) is 10.2 Å². The van der Waals surface area contributed by atoms with Crippen LogP contribution in [0.3, 0.4) is 0 Å². The Hall–Kier alpha value is -2.04. The molecule has 1 aliphatic carbocycles. The fraction of sp³-hybridized carbons (Fsp3) is 0.579. The van der Waals surface area contributed by atoms with Crippen molar-refractivity contribution in [2.75, 3.05) is 18.5 Å². The number of benzene rings is 1. The van der Waals surface area contributed by atoms with Crippen LogP contribution in [0.2, 0.25) is 0 Å². The zero-order valence-electron chi connectivity index (χ0n) is 14.3. The van der Waals surface area contributed by atoms with Crippen LogP contribution in [0.1, 0.15) is 65.7 Å². The molecule has 1 N–H and O–H groups in total. The molecule has 5 heteroatoms. The number of amides is 2. The number of hydrogen-bond acceptors (Lipinski definition) is 3. The van der Waals surface area contributed by atoms with Gasteiger partial charge in [-0.05, 0) is 43.9 Å². The molecule has 5 nitrogen and oxygen atoms in total. The van der Waals surface area contributed by atoms with Gasteiger partial charge in [0.05, 0.1) is 11.3 Å². The molecule has 2 heterocycles. The van der Waals surface area contributed by atoms with Gasteiger partial charge >= 0.3 is 0 Å². The predicted octanol–water partition coefficient (Wildman–Crippen LogP) is 2.76. The predicted molar refractivity (Wildman–Crippen MR) is 93.2 cm³/mol. The van der Waals surface area contributed by atoms with Crippen molar-refractivity contribution < 1.29 is 9.59 Å². The van der Waals surface area contributed by atoms with E-state index in [1.54, 1.807) is 6.07 Å². The van der Waals surface area contributed by atoms with E-state index in [0.29, 0.717) is 17.2 Å². The highest BCUT2D eigenvalue weighted by molar-refractivity contribution is 6.04. The zero-order valence-corrected chi connectivity index (χ0v) is 14.3. The Morgan fingerprint density at radius 3 is 2.71 bits per heavy atom. The molecule has 0 unspecified atom stereocenters. The van der Waals surface area contributed by atoms with Crippen molar-refractivity contribution in [3.63, 3.8) is 0 Å². The van der Waals surface area contributed by atoms with Gasteiger partial charge in [0.1, 0.15) is 6.17 Å². The molecule has 0 radical (unpaired) electrons. The maximum Gasteiger partial charge on any atom is 0.257 e. The third kappa shape index (κ3) is 2.56. The molecular formula is C19H25N3O2. The van der Waals surface area contributed by atoms with E-state index in [-0.39, 0.29) is 18.0 Å². The highest BCUT2D eigenvalue weighted by Gasteiger charge is 2.38. The molecule has 0 spiro atoms. The van der Waals surface area contributed by atoms with Gasteiger partial charge in [-0.25, -0.2) is 0 Å². The van der Waals surface area contributed by atoms with Crippen molar-refractivity contribution in [2.45, 2.75) is 57.2 Å². The van der Waals surface area contributed by atoms with E-state index in [4.69, 9.17) is 0 Å². The largest absolute Gasteiger partial charge is 0.354 e. The summed E-state index contributed by atoms with van der Waals surface area (Å²) >= 11 is 0. The Bertz CT molecular complexity index is 667. The third-order valence-corrected chi connectivity index (χ3v) is 5.74. The van der Waals surface area contributed by atoms with Crippen LogP contribution in [0.4, 0.5) is 5.69 Å². The minimum Gasteiger partial charge on any atom is -0.354 e. The SMILES string of the molecule is CN1c2cc(C(=O)NC3CCCCC3)ccc2C(=O)N2CCC[C@H]21. The molecule has 1 saturated heterocycles. The average molecular weight is 327 g/mol. The molecule has 1 aromatic rings. The van der Waals surface area contributed by atoms with E-state index in [9.17, 15) is 9.59 Å². The summed E-state index contributed by atoms with van der Waals surface area (Å²) in [5, 5.41) is 3.16. The normalized spacial score (nSPS) is 23.9. The topological polar surface area (TPSA) is 52.7 Å². The van der Waals surface area contributed by atoms with Gasteiger partial charge in [0.2, 0.25) is 0 Å². The van der Waals surface area contributed by atoms with Gasteiger partial charge < -0.3 is 15.1 Å². The molecule has 24 heavy (non-hydrogen) atoms. The number of carbonyl (C=O) groups excluding carboxylic acids is 2. The maximum atomic E-state index is 12.6. The van der Waals surface area contributed by atoms with E-state index < -0.39 is 0 Å². The first kappa shape index (κ1) is 15.5. The number of nitrogens with zero attached hydrogens (tertiary/aromatic N) is 2. The lowest BCUT2D eigenvalue weighted by Crippen LogP contribution is -2.50. The van der Waals surface area contributed by atoms with E-state index >= 15 is 0 Å². The Morgan fingerprint density at radius 2 is 1.92 bits per heavy atom. The third-order valence-electron chi connectivity index (χ3n) is 5.74. The van der Waals surface area contributed by atoms with Crippen LogP contribution in [0.25, 0.3) is 0 Å². The highest BCUT2D eigenvalue weighted by Crippen LogP contribution is 2.35. The Morgan fingerprint density at radius 1 is 1.12 bits per heavy atom. The van der Waals surface area contributed by atoms with Crippen LogP contribution in [0.5, 0.6) is 0 Å². The minimum atomic E-state index is -0.0144. The van der Waals surface area contributed by atoms with Gasteiger partial charge in [-0.1, -0.05) is 19.3 Å².